The topological polar surface area (TPSA) is 579 Å². The number of hydrogen-bond acceptors (Lipinski definition) is 32. The summed E-state index contributed by atoms with van der Waals surface area (Å²) in [5.41, 5.74) is 18.3. The minimum absolute atomic E-state index is 0.00609. The van der Waals surface area contributed by atoms with E-state index in [0.717, 1.165) is 30.7 Å². The lowest BCUT2D eigenvalue weighted by atomic mass is 10.2. The van der Waals surface area contributed by atoms with E-state index in [-0.39, 0.29) is 35.9 Å². The van der Waals surface area contributed by atoms with E-state index in [4.69, 9.17) is 87.3 Å². The predicted octanol–water partition coefficient (Wildman–Crippen LogP) is -1.82. The zero-order chi connectivity index (χ0) is 63.6. The number of phosphoric acid groups is 4. The largest absolute Gasteiger partial charge is 0.472 e. The van der Waals surface area contributed by atoms with Gasteiger partial charge in [-0.25, -0.2) is 42.0 Å². The van der Waals surface area contributed by atoms with Crippen LogP contribution in [0.15, 0.2) is 67.0 Å². The van der Waals surface area contributed by atoms with Gasteiger partial charge in [0.1, 0.15) is 104 Å². The second-order valence-electron chi connectivity index (χ2n) is 20.1. The molecule has 5 saturated heterocycles. The van der Waals surface area contributed by atoms with E-state index in [1.54, 1.807) is 0 Å². The number of aliphatic hydroxyl groups excluding tert-OH is 1. The minimum Gasteiger partial charge on any atom is -0.390 e. The van der Waals surface area contributed by atoms with Crippen LogP contribution in [0.3, 0.4) is 0 Å². The zero-order valence-corrected chi connectivity index (χ0v) is 50.0. The van der Waals surface area contributed by atoms with Crippen molar-refractivity contribution >= 4 is 57.4 Å². The average molecular weight is 1350 g/mol. The van der Waals surface area contributed by atoms with Gasteiger partial charge in [-0.3, -0.25) is 68.8 Å². The molecule has 4 aromatic heterocycles. The van der Waals surface area contributed by atoms with Crippen molar-refractivity contribution in [3.8, 4) is 0 Å². The lowest BCUT2D eigenvalue weighted by Gasteiger charge is -2.25. The number of aliphatic hydroxyl groups is 1. The number of nitrogens with zero attached hydrogens (tertiary/aromatic N) is 7. The van der Waals surface area contributed by atoms with E-state index >= 15 is 0 Å². The molecule has 0 bridgehead atoms. The highest BCUT2D eigenvalue weighted by molar-refractivity contribution is 7.48. The van der Waals surface area contributed by atoms with Gasteiger partial charge in [-0.05, 0) is 25.1 Å². The van der Waals surface area contributed by atoms with Gasteiger partial charge in [0.15, 0.2) is 0 Å². The Morgan fingerprint density at radius 3 is 1.19 bits per heavy atom. The number of rotatable bonds is 27. The van der Waals surface area contributed by atoms with E-state index in [1.165, 1.54) is 37.5 Å². The van der Waals surface area contributed by atoms with Crippen LogP contribution in [-0.2, 0) is 87.2 Å². The van der Waals surface area contributed by atoms with Crippen LogP contribution in [0, 0.1) is 6.92 Å². The quantitative estimate of drug-likeness (QED) is 0.0294. The third-order valence-electron chi connectivity index (χ3n) is 13.9. The van der Waals surface area contributed by atoms with Crippen molar-refractivity contribution in [3.05, 3.63) is 101 Å². The molecule has 9 rings (SSSR count). The molecular weight excluding hydrogens is 1290 g/mol. The molecule has 0 spiro atoms. The number of hydrogen-bond donors (Lipinski definition) is 10. The molecule has 88 heavy (non-hydrogen) atoms. The van der Waals surface area contributed by atoms with E-state index in [9.17, 15) is 71.5 Å². The summed E-state index contributed by atoms with van der Waals surface area (Å²) >= 11 is 0. The molecule has 486 valence electrons. The number of aromatic nitrogens is 8. The monoisotopic (exact) mass is 1350 g/mol. The Morgan fingerprint density at radius 2 is 0.875 bits per heavy atom. The Labute approximate surface area is 494 Å². The van der Waals surface area contributed by atoms with Crippen LogP contribution in [0.4, 0.5) is 17.5 Å². The highest BCUT2D eigenvalue weighted by Crippen LogP contribution is 2.55. The van der Waals surface area contributed by atoms with Crippen LogP contribution in [0.5, 0.6) is 0 Å². The summed E-state index contributed by atoms with van der Waals surface area (Å²) < 4.78 is 146. The highest BCUT2D eigenvalue weighted by atomic mass is 31.2. The first-order valence-corrected chi connectivity index (χ1v) is 32.8. The normalized spacial score (nSPS) is 31.8. The number of anilines is 3. The van der Waals surface area contributed by atoms with E-state index in [0.29, 0.717) is 0 Å². The first-order valence-electron chi connectivity index (χ1n) is 26.1. The molecular formula is C42H59N12O29P5. The summed E-state index contributed by atoms with van der Waals surface area (Å²) in [6, 6.07) is 3.65. The minimum atomic E-state index is -5.48. The van der Waals surface area contributed by atoms with Gasteiger partial charge in [0.05, 0.1) is 39.1 Å². The molecule has 0 saturated carbocycles. The lowest BCUT2D eigenvalue weighted by Crippen LogP contribution is -2.33. The van der Waals surface area contributed by atoms with Crippen LogP contribution < -0.4 is 51.3 Å². The molecule has 5 aliphatic rings. The molecule has 41 nitrogen and oxygen atoms in total. The summed E-state index contributed by atoms with van der Waals surface area (Å²) in [6.45, 7) is -2.84. The Kier molecular flexibility index (Phi) is 21.3. The van der Waals surface area contributed by atoms with Gasteiger partial charge >= 0.3 is 62.7 Å². The molecule has 14 N–H and O–H groups in total. The van der Waals surface area contributed by atoms with Crippen molar-refractivity contribution in [2.45, 2.75) is 131 Å². The first-order chi connectivity index (χ1) is 41.4. The van der Waals surface area contributed by atoms with Gasteiger partial charge in [-0.2, -0.15) is 15.0 Å². The third-order valence-corrected chi connectivity index (χ3v) is 18.2. The Bertz CT molecular complexity index is 3690. The maximum absolute atomic E-state index is 14.0. The average Bonchev–Trinajstić information content (AvgIpc) is 2.77. The SMILES string of the molecule is Cc1cn([C@H]2C[C@H](OP(=O)(O)OC[C@H]3O[C@@H](n4ccc(N)nc4=O)C[C@@H]3OP(=O)(O)OC[C@H]3O[C@@H](n4ccc(N)nc4=O)C[C@@H]3OP(=O)(O)OC[C@H]3O[C@@H](n4ccc(N)nc4=O)C[C@@H]3OP(=O)(O)OC[C@H]3O[C@@H](N)C[C@@H]3O)[C@@H](COP=O)O2)c(=O)[nH]c1=O. The van der Waals surface area contributed by atoms with Gasteiger partial charge < -0.3 is 71.3 Å². The number of aryl methyl sites for hydroxylation is 1. The smallest absolute Gasteiger partial charge is 0.390 e. The van der Waals surface area contributed by atoms with Crippen molar-refractivity contribution in [1.82, 2.24) is 38.2 Å². The number of H-pyrrole nitrogens is 1. The molecule has 4 aromatic rings. The number of phosphoric ester groups is 4. The molecule has 19 atom stereocenters. The van der Waals surface area contributed by atoms with Crippen molar-refractivity contribution in [1.29, 1.82) is 0 Å². The second kappa shape index (κ2) is 27.8. The van der Waals surface area contributed by atoms with Crippen LogP contribution in [0.25, 0.3) is 0 Å². The first kappa shape index (κ1) is 67.3. The Hall–Kier alpha value is -5.06. The van der Waals surface area contributed by atoms with Gasteiger partial charge in [0.2, 0.25) is 0 Å². The van der Waals surface area contributed by atoms with Crippen LogP contribution in [0.2, 0.25) is 0 Å². The second-order valence-corrected chi connectivity index (χ2v) is 26.1. The summed E-state index contributed by atoms with van der Waals surface area (Å²) in [4.78, 5) is 121. The molecule has 5 fully saturated rings. The summed E-state index contributed by atoms with van der Waals surface area (Å²) in [7, 11) is -22.1. The molecule has 0 amide bonds. The highest BCUT2D eigenvalue weighted by Gasteiger charge is 2.50. The molecule has 9 heterocycles. The van der Waals surface area contributed by atoms with Gasteiger partial charge in [0, 0.05) is 62.5 Å². The van der Waals surface area contributed by atoms with E-state index < -0.39 is 213 Å². The zero-order valence-electron chi connectivity index (χ0n) is 45.5. The number of nitrogens with one attached hydrogen (secondary N) is 1. The van der Waals surface area contributed by atoms with E-state index in [2.05, 4.69) is 19.9 Å². The molecule has 0 aliphatic carbocycles. The van der Waals surface area contributed by atoms with Crippen molar-refractivity contribution in [2.24, 2.45) is 5.73 Å². The van der Waals surface area contributed by atoms with Crippen LogP contribution >= 0.6 is 40.0 Å². The summed E-state index contributed by atoms with van der Waals surface area (Å²) in [5.74, 6) is -0.563. The maximum atomic E-state index is 14.0. The fourth-order valence-corrected chi connectivity index (χ4v) is 13.8. The summed E-state index contributed by atoms with van der Waals surface area (Å²) in [5, 5.41) is 10.2. The van der Waals surface area contributed by atoms with Crippen LogP contribution in [0.1, 0.15) is 62.6 Å². The molecule has 0 radical (unpaired) electrons. The fourth-order valence-electron chi connectivity index (χ4n) is 9.76. The van der Waals surface area contributed by atoms with E-state index in [1.807, 2.05) is 0 Å². The van der Waals surface area contributed by atoms with Crippen molar-refractivity contribution < 1.29 is 112 Å². The number of nitrogens with two attached hydrogens (primary N) is 4. The predicted molar refractivity (Wildman–Crippen MR) is 289 cm³/mol. The van der Waals surface area contributed by atoms with Gasteiger partial charge in [-0.1, -0.05) is 0 Å². The lowest BCUT2D eigenvalue weighted by molar-refractivity contribution is -0.0638. The fraction of sp³-hybridized carbons (Fsp3) is 0.619. The molecule has 5 aliphatic heterocycles. The molecule has 46 heteroatoms. The number of nitrogen functional groups attached to an aromatic ring is 3. The number of ether oxygens (including phenoxy) is 5. The van der Waals surface area contributed by atoms with Gasteiger partial charge in [0.25, 0.3) is 5.56 Å². The Morgan fingerprint density at radius 1 is 0.545 bits per heavy atom. The Balaban J connectivity index is 0.888. The van der Waals surface area contributed by atoms with Crippen molar-refractivity contribution in [2.75, 3.05) is 50.2 Å². The third kappa shape index (κ3) is 17.1. The standard InChI is InChI=1S/C42H59N12O29P5/c1-19-13-54(42(60)50-38(19)56)37-12-21(26(76-37)14-70-84-61)80-86(64,65)72-16-28-23(10-35(78-28)52-6-3-31(44)48-40(52)58)82-88(68,69)74-18-29-24(11-36(79-29)53-7-4-32(45)49-41(53)59)83-87(66,67)73-17-27-22(9-34(77-27)51-5-2-30(43)47-39(51)57)81-85(62,63)71-15-25-20(55)8-33(46)75-25/h2-7,13,20-29,33-37,55H,8-12,14-18,46H2,1H3,(H,62,63)(H,64,65)(H,66,67)(H,68,69)(H2,43,47,57)(H2,44,48,58)(H2,45,49,59)(H,50,56,60)/t20-,21-,22-,23-,24-,25+,26+,27+,28+,29+,33+,34+,35+,36+,37+/m0/s1. The molecule has 4 unspecified atom stereocenters. The van der Waals surface area contributed by atoms with Crippen LogP contribution in [-0.4, -0.2) is 163 Å². The maximum Gasteiger partial charge on any atom is 0.472 e. The summed E-state index contributed by atoms with van der Waals surface area (Å²) in [6.07, 6.45) is -18.2. The number of aromatic amines is 1. The van der Waals surface area contributed by atoms with Crippen molar-refractivity contribution in [3.63, 3.8) is 0 Å². The van der Waals surface area contributed by atoms with Gasteiger partial charge in [-0.15, -0.1) is 0 Å². The molecule has 0 aromatic carbocycles.